The van der Waals surface area contributed by atoms with Gasteiger partial charge in [-0.3, -0.25) is 4.90 Å². The molecule has 2 rings (SSSR count). The molecule has 0 amide bonds. The van der Waals surface area contributed by atoms with Crippen LogP contribution in [0.5, 0.6) is 0 Å². The van der Waals surface area contributed by atoms with E-state index in [1.165, 1.54) is 5.56 Å². The van der Waals surface area contributed by atoms with Gasteiger partial charge in [-0.2, -0.15) is 0 Å². The Kier molecular flexibility index (Phi) is 3.67. The van der Waals surface area contributed by atoms with Crippen LogP contribution in [-0.2, 0) is 0 Å². The Balaban J connectivity index is 2.30. The van der Waals surface area contributed by atoms with Gasteiger partial charge in [0.1, 0.15) is 0 Å². The van der Waals surface area contributed by atoms with E-state index in [0.29, 0.717) is 12.1 Å². The van der Waals surface area contributed by atoms with Gasteiger partial charge in [0, 0.05) is 23.1 Å². The molecule has 0 bridgehead atoms. The predicted molar refractivity (Wildman–Crippen MR) is 71.3 cm³/mol. The van der Waals surface area contributed by atoms with Gasteiger partial charge in [0.2, 0.25) is 0 Å². The minimum absolute atomic E-state index is 0.261. The highest BCUT2D eigenvalue weighted by atomic mass is 79.9. The molecule has 1 aromatic carbocycles. The molecule has 0 aliphatic carbocycles. The van der Waals surface area contributed by atoms with Crippen molar-refractivity contribution in [2.75, 3.05) is 6.54 Å². The summed E-state index contributed by atoms with van der Waals surface area (Å²) >= 11 is 3.53. The maximum absolute atomic E-state index is 6.23. The molecular weight excluding hydrogens is 264 g/mol. The molecule has 1 aromatic rings. The van der Waals surface area contributed by atoms with Gasteiger partial charge in [-0.1, -0.05) is 28.1 Å². The Morgan fingerprint density at radius 1 is 1.44 bits per heavy atom. The topological polar surface area (TPSA) is 29.3 Å². The molecule has 2 unspecified atom stereocenters. The second kappa shape index (κ2) is 4.86. The summed E-state index contributed by atoms with van der Waals surface area (Å²) in [6.07, 6.45) is 1.09. The molecule has 16 heavy (non-hydrogen) atoms. The first-order chi connectivity index (χ1) is 7.59. The van der Waals surface area contributed by atoms with Crippen molar-refractivity contribution in [3.63, 3.8) is 0 Å². The number of rotatable bonds is 2. The highest BCUT2D eigenvalue weighted by molar-refractivity contribution is 9.10. The molecule has 88 valence electrons. The Labute approximate surface area is 106 Å². The van der Waals surface area contributed by atoms with Gasteiger partial charge in [0.25, 0.3) is 0 Å². The van der Waals surface area contributed by atoms with E-state index in [9.17, 15) is 0 Å². The van der Waals surface area contributed by atoms with E-state index in [1.54, 1.807) is 0 Å². The summed E-state index contributed by atoms with van der Waals surface area (Å²) in [6.45, 7) is 5.59. The molecule has 2 N–H and O–H groups in total. The van der Waals surface area contributed by atoms with Gasteiger partial charge in [0.15, 0.2) is 0 Å². The van der Waals surface area contributed by atoms with Crippen LogP contribution in [0.2, 0.25) is 0 Å². The fourth-order valence-electron chi connectivity index (χ4n) is 2.55. The van der Waals surface area contributed by atoms with Crippen LogP contribution in [0.3, 0.4) is 0 Å². The zero-order chi connectivity index (χ0) is 11.7. The summed E-state index contributed by atoms with van der Waals surface area (Å²) < 4.78 is 1.13. The SMILES string of the molecule is CC(C)N1CCC(N)C1c1cccc(Br)c1. The minimum atomic E-state index is 0.261. The van der Waals surface area contributed by atoms with Crippen molar-refractivity contribution in [2.24, 2.45) is 5.73 Å². The highest BCUT2D eigenvalue weighted by Crippen LogP contribution is 2.33. The second-order valence-corrected chi connectivity index (χ2v) is 5.70. The Bertz CT molecular complexity index is 365. The fraction of sp³-hybridized carbons (Fsp3) is 0.538. The average Bonchev–Trinajstić information content (AvgIpc) is 2.60. The van der Waals surface area contributed by atoms with E-state index in [0.717, 1.165) is 17.4 Å². The van der Waals surface area contributed by atoms with Crippen LogP contribution >= 0.6 is 15.9 Å². The number of hydrogen-bond acceptors (Lipinski definition) is 2. The molecule has 2 atom stereocenters. The van der Waals surface area contributed by atoms with Gasteiger partial charge in [-0.15, -0.1) is 0 Å². The van der Waals surface area contributed by atoms with E-state index in [1.807, 2.05) is 0 Å². The zero-order valence-corrected chi connectivity index (χ0v) is 11.4. The molecule has 0 spiro atoms. The first-order valence-corrected chi connectivity index (χ1v) is 6.65. The number of halogens is 1. The summed E-state index contributed by atoms with van der Waals surface area (Å²) in [5.41, 5.74) is 7.56. The fourth-order valence-corrected chi connectivity index (χ4v) is 2.97. The molecule has 1 heterocycles. The summed E-state index contributed by atoms with van der Waals surface area (Å²) in [7, 11) is 0. The first kappa shape index (κ1) is 12.1. The third-order valence-electron chi connectivity index (χ3n) is 3.34. The van der Waals surface area contributed by atoms with Crippen LogP contribution in [-0.4, -0.2) is 23.5 Å². The smallest absolute Gasteiger partial charge is 0.0502 e. The lowest BCUT2D eigenvalue weighted by Crippen LogP contribution is -2.35. The highest BCUT2D eigenvalue weighted by Gasteiger charge is 2.34. The van der Waals surface area contributed by atoms with Crippen LogP contribution in [0.25, 0.3) is 0 Å². The summed E-state index contributed by atoms with van der Waals surface area (Å²) in [5, 5.41) is 0. The normalized spacial score (nSPS) is 26.6. The van der Waals surface area contributed by atoms with Crippen molar-refractivity contribution in [3.05, 3.63) is 34.3 Å². The number of benzene rings is 1. The molecular formula is C13H19BrN2. The molecule has 3 heteroatoms. The van der Waals surface area contributed by atoms with Crippen molar-refractivity contribution in [2.45, 2.75) is 38.4 Å². The number of nitrogens with two attached hydrogens (primary N) is 1. The van der Waals surface area contributed by atoms with Gasteiger partial charge in [-0.25, -0.2) is 0 Å². The minimum Gasteiger partial charge on any atom is -0.326 e. The van der Waals surface area contributed by atoms with E-state index >= 15 is 0 Å². The lowest BCUT2D eigenvalue weighted by atomic mass is 10.0. The maximum atomic E-state index is 6.23. The Hall–Kier alpha value is -0.380. The quantitative estimate of drug-likeness (QED) is 0.904. The van der Waals surface area contributed by atoms with Crippen molar-refractivity contribution in [3.8, 4) is 0 Å². The summed E-state index contributed by atoms with van der Waals surface area (Å²) in [6, 6.07) is 9.69. The second-order valence-electron chi connectivity index (χ2n) is 4.78. The molecule has 0 aromatic heterocycles. The average molecular weight is 283 g/mol. The van der Waals surface area contributed by atoms with E-state index < -0.39 is 0 Å². The van der Waals surface area contributed by atoms with Crippen LogP contribution < -0.4 is 5.73 Å². The van der Waals surface area contributed by atoms with E-state index in [4.69, 9.17) is 5.73 Å². The van der Waals surface area contributed by atoms with Crippen molar-refractivity contribution < 1.29 is 0 Å². The van der Waals surface area contributed by atoms with Crippen LogP contribution in [0.1, 0.15) is 31.9 Å². The van der Waals surface area contributed by atoms with E-state index in [-0.39, 0.29) is 6.04 Å². The molecule has 1 aliphatic rings. The van der Waals surface area contributed by atoms with Gasteiger partial charge < -0.3 is 5.73 Å². The monoisotopic (exact) mass is 282 g/mol. The van der Waals surface area contributed by atoms with Crippen LogP contribution in [0.15, 0.2) is 28.7 Å². The summed E-state index contributed by atoms with van der Waals surface area (Å²) in [5.74, 6) is 0. The maximum Gasteiger partial charge on any atom is 0.0502 e. The predicted octanol–water partition coefficient (Wildman–Crippen LogP) is 2.93. The lowest BCUT2D eigenvalue weighted by Gasteiger charge is -2.30. The van der Waals surface area contributed by atoms with Crippen LogP contribution in [0.4, 0.5) is 0 Å². The number of nitrogens with zero attached hydrogens (tertiary/aromatic N) is 1. The Morgan fingerprint density at radius 2 is 2.19 bits per heavy atom. The molecule has 1 aliphatic heterocycles. The third kappa shape index (κ3) is 2.31. The van der Waals surface area contributed by atoms with Crippen LogP contribution in [0, 0.1) is 0 Å². The molecule has 0 saturated carbocycles. The van der Waals surface area contributed by atoms with Gasteiger partial charge in [-0.05, 0) is 38.0 Å². The molecule has 1 saturated heterocycles. The standard InChI is InChI=1S/C13H19BrN2/c1-9(2)16-7-6-12(15)13(16)10-4-3-5-11(14)8-10/h3-5,8-9,12-13H,6-7,15H2,1-2H3. The lowest BCUT2D eigenvalue weighted by molar-refractivity contribution is 0.198. The third-order valence-corrected chi connectivity index (χ3v) is 3.83. The number of hydrogen-bond donors (Lipinski definition) is 1. The van der Waals surface area contributed by atoms with Crippen molar-refractivity contribution in [1.82, 2.24) is 4.90 Å². The van der Waals surface area contributed by atoms with Crippen molar-refractivity contribution in [1.29, 1.82) is 0 Å². The van der Waals surface area contributed by atoms with Crippen molar-refractivity contribution >= 4 is 15.9 Å². The van der Waals surface area contributed by atoms with Gasteiger partial charge in [0.05, 0.1) is 6.04 Å². The first-order valence-electron chi connectivity index (χ1n) is 5.86. The number of likely N-dealkylation sites (tertiary alicyclic amines) is 1. The Morgan fingerprint density at radius 3 is 2.81 bits per heavy atom. The molecule has 2 nitrogen and oxygen atoms in total. The van der Waals surface area contributed by atoms with Gasteiger partial charge >= 0.3 is 0 Å². The zero-order valence-electron chi connectivity index (χ0n) is 9.86. The summed E-state index contributed by atoms with van der Waals surface area (Å²) in [4.78, 5) is 2.49. The largest absolute Gasteiger partial charge is 0.326 e. The molecule has 0 radical (unpaired) electrons. The molecule has 1 fully saturated rings. The van der Waals surface area contributed by atoms with E-state index in [2.05, 4.69) is 58.9 Å².